The zero-order chi connectivity index (χ0) is 15.4. The standard InChI is InChI=1S/C15H15ClN4O/c1-9(2)15-18-12(16)7-13(20-15)19-14-10(8-17)5-4-6-11(14)21-3/h4-7,9H,1-3H3,(H,18,19,20). The second-order valence-corrected chi connectivity index (χ2v) is 5.10. The van der Waals surface area contributed by atoms with Crippen LogP contribution < -0.4 is 10.1 Å². The smallest absolute Gasteiger partial charge is 0.143 e. The van der Waals surface area contributed by atoms with E-state index < -0.39 is 0 Å². The van der Waals surface area contributed by atoms with Crippen molar-refractivity contribution in [2.75, 3.05) is 12.4 Å². The first-order valence-electron chi connectivity index (χ1n) is 6.43. The highest BCUT2D eigenvalue weighted by Crippen LogP contribution is 2.31. The zero-order valence-electron chi connectivity index (χ0n) is 12.0. The number of nitrogens with zero attached hydrogens (tertiary/aromatic N) is 3. The van der Waals surface area contributed by atoms with Crippen molar-refractivity contribution in [2.45, 2.75) is 19.8 Å². The number of nitrogens with one attached hydrogen (secondary N) is 1. The van der Waals surface area contributed by atoms with Crippen molar-refractivity contribution in [3.8, 4) is 11.8 Å². The highest BCUT2D eigenvalue weighted by Gasteiger charge is 2.12. The average molecular weight is 303 g/mol. The fourth-order valence-corrected chi connectivity index (χ4v) is 2.00. The second-order valence-electron chi connectivity index (χ2n) is 4.71. The monoisotopic (exact) mass is 302 g/mol. The van der Waals surface area contributed by atoms with Crippen LogP contribution in [0.3, 0.4) is 0 Å². The number of methoxy groups -OCH3 is 1. The van der Waals surface area contributed by atoms with Crippen LogP contribution in [0.25, 0.3) is 0 Å². The molecule has 0 aliphatic rings. The molecule has 0 saturated heterocycles. The van der Waals surface area contributed by atoms with Gasteiger partial charge >= 0.3 is 0 Å². The number of rotatable bonds is 4. The molecule has 6 heteroatoms. The van der Waals surface area contributed by atoms with Crippen LogP contribution in [0.5, 0.6) is 5.75 Å². The van der Waals surface area contributed by atoms with Gasteiger partial charge in [-0.3, -0.25) is 0 Å². The quantitative estimate of drug-likeness (QED) is 0.868. The Bertz CT molecular complexity index is 695. The SMILES string of the molecule is COc1cccc(C#N)c1Nc1cc(Cl)nc(C(C)C)n1. The Balaban J connectivity index is 2.45. The normalized spacial score (nSPS) is 10.3. The van der Waals surface area contributed by atoms with E-state index >= 15 is 0 Å². The van der Waals surface area contributed by atoms with Gasteiger partial charge in [0, 0.05) is 12.0 Å². The summed E-state index contributed by atoms with van der Waals surface area (Å²) in [7, 11) is 1.55. The Morgan fingerprint density at radius 2 is 2.10 bits per heavy atom. The summed E-state index contributed by atoms with van der Waals surface area (Å²) in [4.78, 5) is 8.59. The maximum absolute atomic E-state index is 9.21. The van der Waals surface area contributed by atoms with Crippen LogP contribution in [-0.2, 0) is 0 Å². The van der Waals surface area contributed by atoms with Gasteiger partial charge in [-0.1, -0.05) is 31.5 Å². The molecule has 1 heterocycles. The molecule has 2 aromatic rings. The molecule has 0 bridgehead atoms. The van der Waals surface area contributed by atoms with E-state index in [9.17, 15) is 5.26 Å². The van der Waals surface area contributed by atoms with Crippen LogP contribution in [0.1, 0.15) is 31.2 Å². The molecule has 2 rings (SSSR count). The van der Waals surface area contributed by atoms with Gasteiger partial charge in [0.05, 0.1) is 12.7 Å². The number of hydrogen-bond donors (Lipinski definition) is 1. The minimum absolute atomic E-state index is 0.150. The number of nitriles is 1. The van der Waals surface area contributed by atoms with Crippen LogP contribution in [0.4, 0.5) is 11.5 Å². The first-order chi connectivity index (χ1) is 10.0. The van der Waals surface area contributed by atoms with Gasteiger partial charge < -0.3 is 10.1 Å². The number of hydrogen-bond acceptors (Lipinski definition) is 5. The van der Waals surface area contributed by atoms with Gasteiger partial charge in [-0.2, -0.15) is 5.26 Å². The largest absolute Gasteiger partial charge is 0.495 e. The lowest BCUT2D eigenvalue weighted by molar-refractivity contribution is 0.416. The van der Waals surface area contributed by atoms with Crippen molar-refractivity contribution in [2.24, 2.45) is 0 Å². The van der Waals surface area contributed by atoms with Crippen molar-refractivity contribution in [3.63, 3.8) is 0 Å². The van der Waals surface area contributed by atoms with Crippen molar-refractivity contribution < 1.29 is 4.74 Å². The molecule has 0 aliphatic heterocycles. The van der Waals surface area contributed by atoms with E-state index in [2.05, 4.69) is 21.4 Å². The Labute approximate surface area is 128 Å². The molecule has 0 atom stereocenters. The van der Waals surface area contributed by atoms with Crippen molar-refractivity contribution in [3.05, 3.63) is 40.8 Å². The molecule has 0 fully saturated rings. The van der Waals surface area contributed by atoms with E-state index in [1.807, 2.05) is 13.8 Å². The summed E-state index contributed by atoms with van der Waals surface area (Å²) in [5.41, 5.74) is 1.03. The van der Waals surface area contributed by atoms with Crippen molar-refractivity contribution >= 4 is 23.1 Å². The third-order valence-electron chi connectivity index (χ3n) is 2.85. The van der Waals surface area contributed by atoms with Crippen molar-refractivity contribution in [1.29, 1.82) is 5.26 Å². The number of halogens is 1. The maximum atomic E-state index is 9.21. The van der Waals surface area contributed by atoms with Crippen LogP contribution in [-0.4, -0.2) is 17.1 Å². The van der Waals surface area contributed by atoms with E-state index in [1.165, 1.54) is 0 Å². The van der Waals surface area contributed by atoms with E-state index in [0.717, 1.165) is 0 Å². The minimum Gasteiger partial charge on any atom is -0.495 e. The average Bonchev–Trinajstić information content (AvgIpc) is 2.46. The van der Waals surface area contributed by atoms with Gasteiger partial charge in [0.2, 0.25) is 0 Å². The van der Waals surface area contributed by atoms with Crippen LogP contribution >= 0.6 is 11.6 Å². The maximum Gasteiger partial charge on any atom is 0.143 e. The number of aromatic nitrogens is 2. The molecule has 0 saturated carbocycles. The van der Waals surface area contributed by atoms with Gasteiger partial charge in [-0.05, 0) is 12.1 Å². The van der Waals surface area contributed by atoms with E-state index in [4.69, 9.17) is 16.3 Å². The molecule has 108 valence electrons. The Morgan fingerprint density at radius 3 is 2.71 bits per heavy atom. The van der Waals surface area contributed by atoms with Crippen LogP contribution in [0, 0.1) is 11.3 Å². The first kappa shape index (κ1) is 15.1. The number of anilines is 2. The van der Waals surface area contributed by atoms with Gasteiger partial charge in [-0.15, -0.1) is 0 Å². The van der Waals surface area contributed by atoms with Gasteiger partial charge in [-0.25, -0.2) is 9.97 Å². The summed E-state index contributed by atoms with van der Waals surface area (Å²) in [6.07, 6.45) is 0. The predicted molar refractivity (Wildman–Crippen MR) is 82.1 cm³/mol. The molecule has 0 unspecified atom stereocenters. The fourth-order valence-electron chi connectivity index (χ4n) is 1.81. The molecule has 5 nitrogen and oxygen atoms in total. The molecule has 21 heavy (non-hydrogen) atoms. The summed E-state index contributed by atoms with van der Waals surface area (Å²) >= 11 is 6.02. The first-order valence-corrected chi connectivity index (χ1v) is 6.81. The van der Waals surface area contributed by atoms with Gasteiger partial charge in [0.25, 0.3) is 0 Å². The molecule has 1 aromatic carbocycles. The molecule has 1 N–H and O–H groups in total. The number of benzene rings is 1. The summed E-state index contributed by atoms with van der Waals surface area (Å²) in [6, 6.07) is 8.97. The highest BCUT2D eigenvalue weighted by molar-refractivity contribution is 6.29. The highest BCUT2D eigenvalue weighted by atomic mass is 35.5. The molecule has 0 amide bonds. The van der Waals surface area contributed by atoms with E-state index in [-0.39, 0.29) is 5.92 Å². The van der Waals surface area contributed by atoms with Gasteiger partial charge in [0.1, 0.15) is 34.3 Å². The topological polar surface area (TPSA) is 70.8 Å². The van der Waals surface area contributed by atoms with Crippen molar-refractivity contribution in [1.82, 2.24) is 9.97 Å². The van der Waals surface area contributed by atoms with Gasteiger partial charge in [0.15, 0.2) is 0 Å². The molecular weight excluding hydrogens is 288 g/mol. The molecule has 0 spiro atoms. The molecule has 1 aromatic heterocycles. The lowest BCUT2D eigenvalue weighted by Crippen LogP contribution is -2.04. The summed E-state index contributed by atoms with van der Waals surface area (Å²) in [5.74, 6) is 1.88. The summed E-state index contributed by atoms with van der Waals surface area (Å²) < 4.78 is 5.28. The zero-order valence-corrected chi connectivity index (χ0v) is 12.8. The van der Waals surface area contributed by atoms with E-state index in [1.54, 1.807) is 31.4 Å². The third kappa shape index (κ3) is 3.41. The third-order valence-corrected chi connectivity index (χ3v) is 3.04. The number of ether oxygens (including phenoxy) is 1. The van der Waals surface area contributed by atoms with E-state index in [0.29, 0.717) is 33.8 Å². The Morgan fingerprint density at radius 1 is 1.33 bits per heavy atom. The molecule has 0 aliphatic carbocycles. The fraction of sp³-hybridized carbons (Fsp3) is 0.267. The second kappa shape index (κ2) is 6.42. The Kier molecular flexibility index (Phi) is 4.61. The summed E-state index contributed by atoms with van der Waals surface area (Å²) in [6.45, 7) is 3.97. The number of para-hydroxylation sites is 1. The molecule has 0 radical (unpaired) electrons. The lowest BCUT2D eigenvalue weighted by Gasteiger charge is -2.13. The predicted octanol–water partition coefficient (Wildman–Crippen LogP) is 3.88. The van der Waals surface area contributed by atoms with Crippen LogP contribution in [0.15, 0.2) is 24.3 Å². The molecular formula is C15H15ClN4O. The Hall–Kier alpha value is -2.32. The van der Waals surface area contributed by atoms with Crippen LogP contribution in [0.2, 0.25) is 5.15 Å². The summed E-state index contributed by atoms with van der Waals surface area (Å²) in [5, 5.41) is 12.7. The lowest BCUT2D eigenvalue weighted by atomic mass is 10.1. The minimum atomic E-state index is 0.150.